The quantitative estimate of drug-likeness (QED) is 0.860. The number of anilines is 1. The minimum absolute atomic E-state index is 0.0863. The number of hydrogen-bond donors (Lipinski definition) is 1. The molecule has 3 rings (SSSR count). The fraction of sp³-hybridized carbons (Fsp3) is 0.316. The van der Waals surface area contributed by atoms with Crippen molar-refractivity contribution in [1.29, 1.82) is 5.26 Å². The van der Waals surface area contributed by atoms with Crippen LogP contribution in [0.2, 0.25) is 0 Å². The Morgan fingerprint density at radius 3 is 2.96 bits per heavy atom. The number of carbonyl (C=O) groups excluding carboxylic acids is 1. The summed E-state index contributed by atoms with van der Waals surface area (Å²) in [6.45, 7) is 3.83. The average molecular weight is 337 g/mol. The number of nitriles is 1. The molecule has 0 saturated heterocycles. The Hall–Kier alpha value is -2.32. The van der Waals surface area contributed by atoms with Crippen LogP contribution in [-0.2, 0) is 17.6 Å². The molecule has 4 nitrogen and oxygen atoms in total. The van der Waals surface area contributed by atoms with Gasteiger partial charge in [0, 0.05) is 11.4 Å². The second-order valence-electron chi connectivity index (χ2n) is 6.03. The zero-order valence-corrected chi connectivity index (χ0v) is 14.6. The maximum absolute atomic E-state index is 12.4. The van der Waals surface area contributed by atoms with Gasteiger partial charge in [0.1, 0.15) is 11.1 Å². The molecule has 0 aliphatic heterocycles. The van der Waals surface area contributed by atoms with Crippen LogP contribution in [0.25, 0.3) is 0 Å². The summed E-state index contributed by atoms with van der Waals surface area (Å²) in [6.07, 6.45) is 3.04. The van der Waals surface area contributed by atoms with Gasteiger partial charge in [-0.1, -0.05) is 23.9 Å². The summed E-state index contributed by atoms with van der Waals surface area (Å²) < 4.78 is 0. The third kappa shape index (κ3) is 3.60. The average Bonchev–Trinajstić information content (AvgIpc) is 3.01. The number of amides is 1. The van der Waals surface area contributed by atoms with Crippen molar-refractivity contribution >= 4 is 23.4 Å². The van der Waals surface area contributed by atoms with Gasteiger partial charge in [-0.2, -0.15) is 5.26 Å². The SMILES string of the molecule is Cc1cccc(NC(=O)C(C)Sc2nc3c(cc2C#N)CCC3)c1. The number of nitrogens with zero attached hydrogens (tertiary/aromatic N) is 2. The van der Waals surface area contributed by atoms with Crippen LogP contribution in [-0.4, -0.2) is 16.1 Å². The summed E-state index contributed by atoms with van der Waals surface area (Å²) in [5, 5.41) is 12.6. The molecule has 0 radical (unpaired) electrons. The largest absolute Gasteiger partial charge is 0.325 e. The van der Waals surface area contributed by atoms with Gasteiger partial charge in [-0.25, -0.2) is 4.98 Å². The van der Waals surface area contributed by atoms with Crippen molar-refractivity contribution in [2.45, 2.75) is 43.4 Å². The van der Waals surface area contributed by atoms with E-state index in [9.17, 15) is 10.1 Å². The second-order valence-corrected chi connectivity index (χ2v) is 7.36. The summed E-state index contributed by atoms with van der Waals surface area (Å²) in [5.74, 6) is -0.0863. The molecule has 1 aliphatic carbocycles. The van der Waals surface area contributed by atoms with Gasteiger partial charge in [0.05, 0.1) is 10.8 Å². The van der Waals surface area contributed by atoms with E-state index in [1.54, 1.807) is 0 Å². The Labute approximate surface area is 146 Å². The molecule has 1 N–H and O–H groups in total. The highest BCUT2D eigenvalue weighted by Gasteiger charge is 2.21. The number of benzene rings is 1. The molecule has 2 aromatic rings. The van der Waals surface area contributed by atoms with Crippen LogP contribution in [0.4, 0.5) is 5.69 Å². The van der Waals surface area contributed by atoms with Gasteiger partial charge in [0.15, 0.2) is 0 Å². The topological polar surface area (TPSA) is 65.8 Å². The molecule has 0 saturated carbocycles. The van der Waals surface area contributed by atoms with Gasteiger partial charge in [-0.15, -0.1) is 0 Å². The fourth-order valence-electron chi connectivity index (χ4n) is 2.81. The first-order valence-corrected chi connectivity index (χ1v) is 8.92. The monoisotopic (exact) mass is 337 g/mol. The maximum Gasteiger partial charge on any atom is 0.237 e. The summed E-state index contributed by atoms with van der Waals surface area (Å²) >= 11 is 1.35. The van der Waals surface area contributed by atoms with E-state index in [1.165, 1.54) is 17.3 Å². The molecule has 1 unspecified atom stereocenters. The van der Waals surface area contributed by atoms with Crippen molar-refractivity contribution in [3.8, 4) is 6.07 Å². The van der Waals surface area contributed by atoms with E-state index in [0.29, 0.717) is 10.6 Å². The smallest absolute Gasteiger partial charge is 0.237 e. The highest BCUT2D eigenvalue weighted by Crippen LogP contribution is 2.30. The first kappa shape index (κ1) is 16.5. The van der Waals surface area contributed by atoms with Gasteiger partial charge < -0.3 is 5.32 Å². The van der Waals surface area contributed by atoms with Crippen LogP contribution in [0.15, 0.2) is 35.4 Å². The molecule has 1 amide bonds. The van der Waals surface area contributed by atoms with Crippen LogP contribution in [0, 0.1) is 18.3 Å². The Balaban J connectivity index is 1.73. The van der Waals surface area contributed by atoms with Crippen molar-refractivity contribution in [3.05, 3.63) is 52.7 Å². The number of pyridine rings is 1. The molecule has 1 aromatic heterocycles. The van der Waals surface area contributed by atoms with Crippen LogP contribution in [0.5, 0.6) is 0 Å². The van der Waals surface area contributed by atoms with E-state index in [-0.39, 0.29) is 11.2 Å². The molecular formula is C19H19N3OS. The highest BCUT2D eigenvalue weighted by atomic mass is 32.2. The third-order valence-corrected chi connectivity index (χ3v) is 5.18. The second kappa shape index (κ2) is 7.06. The molecule has 5 heteroatoms. The molecule has 1 aromatic carbocycles. The van der Waals surface area contributed by atoms with Crippen LogP contribution < -0.4 is 5.32 Å². The van der Waals surface area contributed by atoms with Crippen LogP contribution >= 0.6 is 11.8 Å². The predicted octanol–water partition coefficient (Wildman–Crippen LogP) is 3.87. The van der Waals surface area contributed by atoms with Gasteiger partial charge in [-0.3, -0.25) is 4.79 Å². The van der Waals surface area contributed by atoms with E-state index in [0.717, 1.165) is 36.2 Å². The fourth-order valence-corrected chi connectivity index (χ4v) is 3.71. The molecule has 122 valence electrons. The Morgan fingerprint density at radius 1 is 1.38 bits per heavy atom. The number of fused-ring (bicyclic) bond motifs is 1. The lowest BCUT2D eigenvalue weighted by Gasteiger charge is -2.13. The number of aromatic nitrogens is 1. The molecule has 0 bridgehead atoms. The van der Waals surface area contributed by atoms with Gasteiger partial charge in [0.25, 0.3) is 0 Å². The number of nitrogens with one attached hydrogen (secondary N) is 1. The summed E-state index contributed by atoms with van der Waals surface area (Å²) in [7, 11) is 0. The van der Waals surface area contributed by atoms with Gasteiger partial charge >= 0.3 is 0 Å². The Kier molecular flexibility index (Phi) is 4.86. The van der Waals surface area contributed by atoms with E-state index in [2.05, 4.69) is 16.4 Å². The van der Waals surface area contributed by atoms with Gasteiger partial charge in [0.2, 0.25) is 5.91 Å². The summed E-state index contributed by atoms with van der Waals surface area (Å²) in [5.41, 5.74) is 4.70. The predicted molar refractivity (Wildman–Crippen MR) is 96.1 cm³/mol. The molecule has 0 spiro atoms. The van der Waals surface area contributed by atoms with E-state index in [1.807, 2.05) is 44.2 Å². The number of aryl methyl sites for hydroxylation is 3. The van der Waals surface area contributed by atoms with E-state index in [4.69, 9.17) is 0 Å². The summed E-state index contributed by atoms with van der Waals surface area (Å²) in [4.78, 5) is 17.0. The van der Waals surface area contributed by atoms with Crippen molar-refractivity contribution in [3.63, 3.8) is 0 Å². The normalized spacial score (nSPS) is 13.9. The molecule has 1 aliphatic rings. The molecule has 0 fully saturated rings. The van der Waals surface area contributed by atoms with Crippen LogP contribution in [0.1, 0.15) is 35.7 Å². The third-order valence-electron chi connectivity index (χ3n) is 4.08. The molecule has 1 atom stereocenters. The van der Waals surface area contributed by atoms with Crippen molar-refractivity contribution in [1.82, 2.24) is 4.98 Å². The minimum Gasteiger partial charge on any atom is -0.325 e. The number of carbonyl (C=O) groups is 1. The zero-order valence-electron chi connectivity index (χ0n) is 13.8. The standard InChI is InChI=1S/C19H19N3OS/c1-12-5-3-7-16(9-12)21-18(23)13(2)24-19-15(11-20)10-14-6-4-8-17(14)22-19/h3,5,7,9-10,13H,4,6,8H2,1-2H3,(H,21,23). The number of thioether (sulfide) groups is 1. The zero-order chi connectivity index (χ0) is 17.1. The number of hydrogen-bond acceptors (Lipinski definition) is 4. The maximum atomic E-state index is 12.4. The number of rotatable bonds is 4. The summed E-state index contributed by atoms with van der Waals surface area (Å²) in [6, 6.07) is 11.9. The first-order valence-electron chi connectivity index (χ1n) is 8.04. The van der Waals surface area contributed by atoms with E-state index < -0.39 is 0 Å². The van der Waals surface area contributed by atoms with Crippen molar-refractivity contribution in [2.24, 2.45) is 0 Å². The van der Waals surface area contributed by atoms with Crippen LogP contribution in [0.3, 0.4) is 0 Å². The molecule has 24 heavy (non-hydrogen) atoms. The lowest BCUT2D eigenvalue weighted by atomic mass is 10.2. The Bertz CT molecular complexity index is 826. The Morgan fingerprint density at radius 2 is 2.21 bits per heavy atom. The lowest BCUT2D eigenvalue weighted by molar-refractivity contribution is -0.115. The van der Waals surface area contributed by atoms with E-state index >= 15 is 0 Å². The highest BCUT2D eigenvalue weighted by molar-refractivity contribution is 8.00. The van der Waals surface area contributed by atoms with Crippen molar-refractivity contribution in [2.75, 3.05) is 5.32 Å². The minimum atomic E-state index is -0.329. The van der Waals surface area contributed by atoms with Gasteiger partial charge in [-0.05, 0) is 62.4 Å². The lowest BCUT2D eigenvalue weighted by Crippen LogP contribution is -2.22. The molecule has 1 heterocycles. The first-order chi connectivity index (χ1) is 11.6. The van der Waals surface area contributed by atoms with Crippen molar-refractivity contribution < 1.29 is 4.79 Å². The molecular weight excluding hydrogens is 318 g/mol.